The molecule has 7 nitrogen and oxygen atoms in total. The smallest absolute Gasteiger partial charge is 0.407 e. The lowest BCUT2D eigenvalue weighted by molar-refractivity contribution is -0.156. The number of thioether (sulfide) groups is 1. The highest BCUT2D eigenvalue weighted by atomic mass is 32.2. The van der Waals surface area contributed by atoms with Crippen LogP contribution < -0.4 is 5.32 Å². The Morgan fingerprint density at radius 2 is 1.77 bits per heavy atom. The van der Waals surface area contributed by atoms with Crippen molar-refractivity contribution in [3.63, 3.8) is 0 Å². The Labute approximate surface area is 210 Å². The normalized spacial score (nSPS) is 18.7. The largest absolute Gasteiger partial charge is 0.479 e. The summed E-state index contributed by atoms with van der Waals surface area (Å²) >= 11 is 1.39. The number of amides is 2. The second-order valence-electron chi connectivity index (χ2n) is 9.04. The van der Waals surface area contributed by atoms with Gasteiger partial charge in [-0.05, 0) is 41.5 Å². The standard InChI is InChI=1S/C27H32N2O5S/c1-2-12-27(25(31)32)13-7-15-29(27)24(30)18-35-16-14-28-26(33)34-17-23-21-10-5-3-8-19(21)20-9-4-6-11-22(20)23/h3-6,8-11,23H,2,7,12-18H2,1H3,(H,28,33)(H,31,32). The molecule has 1 heterocycles. The molecule has 186 valence electrons. The van der Waals surface area contributed by atoms with Gasteiger partial charge in [-0.1, -0.05) is 61.9 Å². The zero-order valence-electron chi connectivity index (χ0n) is 20.0. The second kappa shape index (κ2) is 11.2. The fraction of sp³-hybridized carbons (Fsp3) is 0.444. The van der Waals surface area contributed by atoms with Crippen LogP contribution in [-0.2, 0) is 14.3 Å². The average Bonchev–Trinajstić information content (AvgIpc) is 3.43. The predicted octanol–water partition coefficient (Wildman–Crippen LogP) is 4.50. The maximum absolute atomic E-state index is 12.7. The first-order chi connectivity index (χ1) is 17.0. The van der Waals surface area contributed by atoms with E-state index in [1.54, 1.807) is 4.90 Å². The highest BCUT2D eigenvalue weighted by Crippen LogP contribution is 2.44. The fourth-order valence-electron chi connectivity index (χ4n) is 5.36. The van der Waals surface area contributed by atoms with Gasteiger partial charge in [0.15, 0.2) is 0 Å². The van der Waals surface area contributed by atoms with Gasteiger partial charge in [0.25, 0.3) is 0 Å². The van der Waals surface area contributed by atoms with E-state index in [1.165, 1.54) is 22.9 Å². The number of fused-ring (bicyclic) bond motifs is 3. The number of ether oxygens (including phenoxy) is 1. The number of carbonyl (C=O) groups is 3. The molecular weight excluding hydrogens is 464 g/mol. The molecule has 4 rings (SSSR count). The molecule has 2 N–H and O–H groups in total. The quantitative estimate of drug-likeness (QED) is 0.470. The van der Waals surface area contributed by atoms with E-state index in [0.29, 0.717) is 44.5 Å². The summed E-state index contributed by atoms with van der Waals surface area (Å²) in [4.78, 5) is 38.5. The molecule has 2 aliphatic rings. The predicted molar refractivity (Wildman–Crippen MR) is 137 cm³/mol. The Balaban J connectivity index is 1.20. The molecule has 1 fully saturated rings. The van der Waals surface area contributed by atoms with E-state index in [4.69, 9.17) is 4.74 Å². The van der Waals surface area contributed by atoms with Crippen molar-refractivity contribution in [1.82, 2.24) is 10.2 Å². The molecule has 1 unspecified atom stereocenters. The highest BCUT2D eigenvalue weighted by molar-refractivity contribution is 7.99. The Morgan fingerprint density at radius 3 is 2.40 bits per heavy atom. The molecule has 0 aromatic heterocycles. The maximum atomic E-state index is 12.7. The molecule has 2 aromatic rings. The number of carbonyl (C=O) groups excluding carboxylic acids is 2. The summed E-state index contributed by atoms with van der Waals surface area (Å²) in [6.45, 7) is 3.06. The molecule has 2 aromatic carbocycles. The van der Waals surface area contributed by atoms with Gasteiger partial charge >= 0.3 is 12.1 Å². The molecule has 0 spiro atoms. The monoisotopic (exact) mass is 496 g/mol. The van der Waals surface area contributed by atoms with Crippen LogP contribution in [0.4, 0.5) is 4.79 Å². The molecule has 1 aliphatic carbocycles. The lowest BCUT2D eigenvalue weighted by atomic mass is 9.90. The van der Waals surface area contributed by atoms with Crippen molar-refractivity contribution in [3.05, 3.63) is 59.7 Å². The van der Waals surface area contributed by atoms with Gasteiger partial charge in [-0.2, -0.15) is 11.8 Å². The average molecular weight is 497 g/mol. The van der Waals surface area contributed by atoms with Crippen molar-refractivity contribution in [3.8, 4) is 11.1 Å². The van der Waals surface area contributed by atoms with Crippen LogP contribution in [0, 0.1) is 0 Å². The SMILES string of the molecule is CCCC1(C(=O)O)CCCN1C(=O)CSCCNC(=O)OCC1c2ccccc2-c2ccccc21. The van der Waals surface area contributed by atoms with Crippen molar-refractivity contribution in [1.29, 1.82) is 0 Å². The van der Waals surface area contributed by atoms with E-state index in [-0.39, 0.29) is 24.2 Å². The number of carboxylic acids is 1. The third kappa shape index (κ3) is 5.17. The van der Waals surface area contributed by atoms with Gasteiger partial charge in [0, 0.05) is 24.8 Å². The molecule has 1 aliphatic heterocycles. The third-order valence-electron chi connectivity index (χ3n) is 6.94. The van der Waals surface area contributed by atoms with Crippen LogP contribution in [0.3, 0.4) is 0 Å². The Kier molecular flexibility index (Phi) is 8.00. The Hall–Kier alpha value is -3.00. The number of likely N-dealkylation sites (tertiary alicyclic amines) is 1. The van der Waals surface area contributed by atoms with Gasteiger partial charge in [-0.15, -0.1) is 0 Å². The lowest BCUT2D eigenvalue weighted by Gasteiger charge is -2.34. The van der Waals surface area contributed by atoms with Gasteiger partial charge < -0.3 is 20.1 Å². The molecule has 0 radical (unpaired) electrons. The summed E-state index contributed by atoms with van der Waals surface area (Å²) in [5, 5.41) is 12.5. The van der Waals surface area contributed by atoms with Gasteiger partial charge in [0.05, 0.1) is 5.75 Å². The zero-order valence-corrected chi connectivity index (χ0v) is 20.8. The number of alkyl carbamates (subject to hydrolysis) is 1. The molecule has 1 atom stereocenters. The van der Waals surface area contributed by atoms with Crippen LogP contribution in [0.15, 0.2) is 48.5 Å². The first-order valence-electron chi connectivity index (χ1n) is 12.2. The van der Waals surface area contributed by atoms with Crippen molar-refractivity contribution in [2.24, 2.45) is 0 Å². The number of benzene rings is 2. The van der Waals surface area contributed by atoms with Crippen molar-refractivity contribution in [2.75, 3.05) is 31.2 Å². The fourth-order valence-corrected chi connectivity index (χ4v) is 6.08. The maximum Gasteiger partial charge on any atom is 0.407 e. The molecule has 8 heteroatoms. The summed E-state index contributed by atoms with van der Waals surface area (Å²) < 4.78 is 5.53. The van der Waals surface area contributed by atoms with E-state index < -0.39 is 17.6 Å². The minimum absolute atomic E-state index is 0.0123. The van der Waals surface area contributed by atoms with Gasteiger partial charge in [-0.3, -0.25) is 4.79 Å². The zero-order chi connectivity index (χ0) is 24.8. The first-order valence-corrected chi connectivity index (χ1v) is 13.3. The van der Waals surface area contributed by atoms with Crippen molar-refractivity contribution >= 4 is 29.7 Å². The van der Waals surface area contributed by atoms with Gasteiger partial charge in [0.1, 0.15) is 12.1 Å². The number of hydrogen-bond acceptors (Lipinski definition) is 5. The van der Waals surface area contributed by atoms with Crippen LogP contribution >= 0.6 is 11.8 Å². The van der Waals surface area contributed by atoms with Crippen molar-refractivity contribution < 1.29 is 24.2 Å². The topological polar surface area (TPSA) is 95.9 Å². The van der Waals surface area contributed by atoms with Gasteiger partial charge in [0.2, 0.25) is 5.91 Å². The minimum atomic E-state index is -1.06. The summed E-state index contributed by atoms with van der Waals surface area (Å²) in [7, 11) is 0. The molecule has 1 saturated heterocycles. The Bertz CT molecular complexity index is 1050. The van der Waals surface area contributed by atoms with Crippen LogP contribution in [0.1, 0.15) is 49.7 Å². The van der Waals surface area contributed by atoms with E-state index in [9.17, 15) is 19.5 Å². The number of nitrogens with one attached hydrogen (secondary N) is 1. The third-order valence-corrected chi connectivity index (χ3v) is 7.88. The lowest BCUT2D eigenvalue weighted by Crippen LogP contribution is -2.53. The van der Waals surface area contributed by atoms with Crippen molar-refractivity contribution in [2.45, 2.75) is 44.1 Å². The number of rotatable bonds is 10. The van der Waals surface area contributed by atoms with E-state index in [0.717, 1.165) is 11.1 Å². The number of hydrogen-bond donors (Lipinski definition) is 2. The first kappa shape index (κ1) is 25.1. The van der Waals surface area contributed by atoms with E-state index in [2.05, 4.69) is 29.6 Å². The van der Waals surface area contributed by atoms with E-state index in [1.807, 2.05) is 31.2 Å². The van der Waals surface area contributed by atoms with Gasteiger partial charge in [-0.25, -0.2) is 9.59 Å². The number of carboxylic acid groups (broad SMARTS) is 1. The van der Waals surface area contributed by atoms with Crippen LogP contribution in [0.2, 0.25) is 0 Å². The Morgan fingerprint density at radius 1 is 1.11 bits per heavy atom. The molecule has 0 saturated carbocycles. The van der Waals surface area contributed by atoms with Crippen LogP contribution in [0.25, 0.3) is 11.1 Å². The molecular formula is C27H32N2O5S. The molecule has 35 heavy (non-hydrogen) atoms. The summed E-state index contributed by atoms with van der Waals surface area (Å²) in [5.41, 5.74) is 3.63. The minimum Gasteiger partial charge on any atom is -0.479 e. The number of aliphatic carboxylic acids is 1. The highest BCUT2D eigenvalue weighted by Gasteiger charge is 2.48. The summed E-state index contributed by atoms with van der Waals surface area (Å²) in [6, 6.07) is 16.4. The van der Waals surface area contributed by atoms with Crippen LogP contribution in [0.5, 0.6) is 0 Å². The summed E-state index contributed by atoms with van der Waals surface area (Å²) in [6.07, 6.45) is 1.93. The molecule has 0 bridgehead atoms. The second-order valence-corrected chi connectivity index (χ2v) is 10.1. The molecule has 2 amide bonds. The van der Waals surface area contributed by atoms with E-state index >= 15 is 0 Å². The summed E-state index contributed by atoms with van der Waals surface area (Å²) in [5.74, 6) is -0.308. The van der Waals surface area contributed by atoms with Crippen LogP contribution in [-0.4, -0.2) is 64.7 Å². The number of nitrogens with zero attached hydrogens (tertiary/aromatic N) is 1.